The van der Waals surface area contributed by atoms with Gasteiger partial charge in [0.25, 0.3) is 0 Å². The van der Waals surface area contributed by atoms with Crippen molar-refractivity contribution in [1.82, 2.24) is 0 Å². The summed E-state index contributed by atoms with van der Waals surface area (Å²) in [5.41, 5.74) is 2.26. The van der Waals surface area contributed by atoms with Crippen molar-refractivity contribution in [3.63, 3.8) is 0 Å². The van der Waals surface area contributed by atoms with Crippen LogP contribution in [0.1, 0.15) is 0 Å². The lowest BCUT2D eigenvalue weighted by Gasteiger charge is -2.20. The van der Waals surface area contributed by atoms with Crippen LogP contribution in [0.15, 0.2) is 152 Å². The molecular formula is C36H25OP. The Labute approximate surface area is 222 Å². The molecule has 0 amide bonds. The van der Waals surface area contributed by atoms with E-state index in [1.807, 2.05) is 72.8 Å². The third-order valence-corrected chi connectivity index (χ3v) is 10.6. The van der Waals surface area contributed by atoms with Gasteiger partial charge in [0.2, 0.25) is 0 Å². The molecular weight excluding hydrogens is 479 g/mol. The first-order valence-corrected chi connectivity index (χ1v) is 14.6. The molecule has 0 aliphatic carbocycles. The molecule has 0 saturated carbocycles. The van der Waals surface area contributed by atoms with E-state index in [-0.39, 0.29) is 0 Å². The fraction of sp³-hybridized carbons (Fsp3) is 0. The highest BCUT2D eigenvalue weighted by atomic mass is 31.2. The van der Waals surface area contributed by atoms with E-state index in [0.29, 0.717) is 0 Å². The molecule has 0 atom stereocenters. The minimum absolute atomic E-state index is 0.844. The minimum Gasteiger partial charge on any atom is -0.309 e. The first-order chi connectivity index (χ1) is 18.7. The zero-order chi connectivity index (χ0) is 25.5. The van der Waals surface area contributed by atoms with Crippen molar-refractivity contribution in [3.8, 4) is 11.1 Å². The quantitative estimate of drug-likeness (QED) is 0.134. The zero-order valence-electron chi connectivity index (χ0n) is 20.8. The second kappa shape index (κ2) is 9.14. The molecule has 38 heavy (non-hydrogen) atoms. The van der Waals surface area contributed by atoms with E-state index in [4.69, 9.17) is 0 Å². The van der Waals surface area contributed by atoms with E-state index < -0.39 is 7.14 Å². The van der Waals surface area contributed by atoms with Crippen LogP contribution in [-0.2, 0) is 4.57 Å². The smallest absolute Gasteiger partial charge is 0.171 e. The zero-order valence-corrected chi connectivity index (χ0v) is 21.7. The van der Waals surface area contributed by atoms with Gasteiger partial charge in [-0.05, 0) is 61.6 Å². The molecule has 0 heterocycles. The van der Waals surface area contributed by atoms with Crippen molar-refractivity contribution in [2.75, 3.05) is 0 Å². The number of rotatable bonds is 4. The highest BCUT2D eigenvalue weighted by Gasteiger charge is 2.29. The predicted molar refractivity (Wildman–Crippen MR) is 164 cm³/mol. The average molecular weight is 505 g/mol. The SMILES string of the molecule is O=P(c1ccccc1)(c1ccccc1)c1ccc(-c2ccc3ccc4cc5ccccc5cc4c3c2)cc1. The van der Waals surface area contributed by atoms with Gasteiger partial charge in [-0.25, -0.2) is 0 Å². The second-order valence-electron chi connectivity index (χ2n) is 9.75. The molecule has 0 aliphatic heterocycles. The van der Waals surface area contributed by atoms with E-state index in [2.05, 4.69) is 78.9 Å². The Balaban J connectivity index is 1.35. The van der Waals surface area contributed by atoms with Gasteiger partial charge in [0, 0.05) is 15.9 Å². The van der Waals surface area contributed by atoms with Crippen LogP contribution in [-0.4, -0.2) is 0 Å². The van der Waals surface area contributed by atoms with Crippen LogP contribution in [0.4, 0.5) is 0 Å². The number of benzene rings is 7. The maximum absolute atomic E-state index is 14.7. The predicted octanol–water partition coefficient (Wildman–Crippen LogP) is 8.45. The van der Waals surface area contributed by atoms with Gasteiger partial charge in [0.1, 0.15) is 0 Å². The van der Waals surface area contributed by atoms with Crippen LogP contribution in [0, 0.1) is 0 Å². The molecule has 0 unspecified atom stereocenters. The summed E-state index contributed by atoms with van der Waals surface area (Å²) in [5.74, 6) is 0. The fourth-order valence-corrected chi connectivity index (χ4v) is 8.16. The van der Waals surface area contributed by atoms with E-state index in [1.165, 1.54) is 32.3 Å². The Morgan fingerprint density at radius 2 is 0.816 bits per heavy atom. The largest absolute Gasteiger partial charge is 0.309 e. The second-order valence-corrected chi connectivity index (χ2v) is 12.5. The summed E-state index contributed by atoms with van der Waals surface area (Å²) in [7, 11) is -2.98. The van der Waals surface area contributed by atoms with Gasteiger partial charge in [-0.15, -0.1) is 0 Å². The molecule has 0 fully saturated rings. The molecule has 1 nitrogen and oxygen atoms in total. The van der Waals surface area contributed by atoms with Gasteiger partial charge in [0.15, 0.2) is 7.14 Å². The molecule has 0 bridgehead atoms. The van der Waals surface area contributed by atoms with Crippen molar-refractivity contribution in [1.29, 1.82) is 0 Å². The summed E-state index contributed by atoms with van der Waals surface area (Å²) < 4.78 is 14.7. The van der Waals surface area contributed by atoms with Gasteiger partial charge in [0.05, 0.1) is 0 Å². The van der Waals surface area contributed by atoms with Crippen LogP contribution in [0.2, 0.25) is 0 Å². The summed E-state index contributed by atoms with van der Waals surface area (Å²) in [6, 6.07) is 52.1. The maximum atomic E-state index is 14.7. The van der Waals surface area contributed by atoms with Crippen molar-refractivity contribution < 1.29 is 4.57 Å². The lowest BCUT2D eigenvalue weighted by atomic mass is 9.95. The van der Waals surface area contributed by atoms with Crippen molar-refractivity contribution in [2.45, 2.75) is 0 Å². The molecule has 0 spiro atoms. The van der Waals surface area contributed by atoms with Gasteiger partial charge < -0.3 is 4.57 Å². The van der Waals surface area contributed by atoms with Gasteiger partial charge in [-0.3, -0.25) is 0 Å². The van der Waals surface area contributed by atoms with Crippen molar-refractivity contribution in [3.05, 3.63) is 152 Å². The molecule has 7 rings (SSSR count). The highest BCUT2D eigenvalue weighted by Crippen LogP contribution is 2.42. The monoisotopic (exact) mass is 504 g/mol. The Morgan fingerprint density at radius 1 is 0.342 bits per heavy atom. The Bertz CT molecular complexity index is 1930. The first kappa shape index (κ1) is 22.7. The highest BCUT2D eigenvalue weighted by molar-refractivity contribution is 7.85. The summed E-state index contributed by atoms with van der Waals surface area (Å²) in [6.07, 6.45) is 0. The number of fused-ring (bicyclic) bond motifs is 4. The minimum atomic E-state index is -2.98. The Morgan fingerprint density at radius 3 is 1.47 bits per heavy atom. The van der Waals surface area contributed by atoms with E-state index in [9.17, 15) is 4.57 Å². The molecule has 0 aromatic heterocycles. The topological polar surface area (TPSA) is 17.1 Å². The lowest BCUT2D eigenvalue weighted by molar-refractivity contribution is 0.592. The lowest BCUT2D eigenvalue weighted by Crippen LogP contribution is -2.24. The normalized spacial score (nSPS) is 11.8. The van der Waals surface area contributed by atoms with Crippen LogP contribution >= 0.6 is 7.14 Å². The molecule has 0 saturated heterocycles. The van der Waals surface area contributed by atoms with Gasteiger partial charge in [-0.2, -0.15) is 0 Å². The molecule has 0 aliphatic rings. The third-order valence-electron chi connectivity index (χ3n) is 7.51. The molecule has 7 aromatic rings. The molecule has 2 heteroatoms. The van der Waals surface area contributed by atoms with Gasteiger partial charge in [-0.1, -0.05) is 133 Å². The van der Waals surface area contributed by atoms with Crippen LogP contribution in [0.5, 0.6) is 0 Å². The van der Waals surface area contributed by atoms with E-state index in [1.54, 1.807) is 0 Å². The summed E-state index contributed by atoms with van der Waals surface area (Å²) in [5, 5.41) is 10.0. The number of hydrogen-bond donors (Lipinski definition) is 0. The Hall–Kier alpha value is -4.45. The van der Waals surface area contributed by atoms with Crippen LogP contribution < -0.4 is 15.9 Å². The van der Waals surface area contributed by atoms with Crippen molar-refractivity contribution in [2.24, 2.45) is 0 Å². The third kappa shape index (κ3) is 3.76. The molecule has 0 N–H and O–H groups in total. The molecule has 7 aromatic carbocycles. The Kier molecular flexibility index (Phi) is 5.46. The van der Waals surface area contributed by atoms with Gasteiger partial charge >= 0.3 is 0 Å². The first-order valence-electron chi connectivity index (χ1n) is 12.9. The van der Waals surface area contributed by atoms with Crippen molar-refractivity contribution >= 4 is 55.4 Å². The molecule has 0 radical (unpaired) electrons. The summed E-state index contributed by atoms with van der Waals surface area (Å²) in [4.78, 5) is 0. The van der Waals surface area contributed by atoms with E-state index >= 15 is 0 Å². The summed E-state index contributed by atoms with van der Waals surface area (Å²) >= 11 is 0. The average Bonchev–Trinajstić information content (AvgIpc) is 3.00. The number of hydrogen-bond acceptors (Lipinski definition) is 1. The fourth-order valence-electron chi connectivity index (χ4n) is 5.51. The maximum Gasteiger partial charge on any atom is 0.171 e. The van der Waals surface area contributed by atoms with Crippen LogP contribution in [0.25, 0.3) is 43.4 Å². The van der Waals surface area contributed by atoms with Crippen LogP contribution in [0.3, 0.4) is 0 Å². The van der Waals surface area contributed by atoms with E-state index in [0.717, 1.165) is 27.0 Å². The molecule has 180 valence electrons. The summed E-state index contributed by atoms with van der Waals surface area (Å²) in [6.45, 7) is 0. The standard InChI is InChI=1S/C36H25OP/c37-38(32-11-3-1-4-12-32,33-13-5-2-6-14-33)34-21-19-26(20-22-34)30-17-15-27-16-18-31-23-28-9-7-8-10-29(28)24-36(31)35(27)25-30/h1-25H.